The lowest BCUT2D eigenvalue weighted by Gasteiger charge is -2.26. The highest BCUT2D eigenvalue weighted by molar-refractivity contribution is 5.79. The van der Waals surface area contributed by atoms with Crippen molar-refractivity contribution < 1.29 is 4.79 Å². The van der Waals surface area contributed by atoms with E-state index in [1.54, 1.807) is 0 Å². The van der Waals surface area contributed by atoms with Crippen LogP contribution in [0.2, 0.25) is 0 Å². The van der Waals surface area contributed by atoms with Gasteiger partial charge in [-0.15, -0.1) is 0 Å². The van der Waals surface area contributed by atoms with Gasteiger partial charge in [0, 0.05) is 18.5 Å². The van der Waals surface area contributed by atoms with Gasteiger partial charge in [0.25, 0.3) is 0 Å². The lowest BCUT2D eigenvalue weighted by molar-refractivity contribution is -0.128. The quantitative estimate of drug-likeness (QED) is 0.670. The van der Waals surface area contributed by atoms with Crippen molar-refractivity contribution in [1.29, 1.82) is 0 Å². The molecule has 3 nitrogen and oxygen atoms in total. The van der Waals surface area contributed by atoms with Gasteiger partial charge in [0.1, 0.15) is 0 Å². The van der Waals surface area contributed by atoms with Crippen molar-refractivity contribution >= 4 is 5.91 Å². The molecule has 2 rings (SSSR count). The number of hydrogen-bond donors (Lipinski definition) is 2. The minimum Gasteiger partial charge on any atom is -0.352 e. The van der Waals surface area contributed by atoms with Gasteiger partial charge in [0.2, 0.25) is 5.91 Å². The molecule has 1 amide bonds. The van der Waals surface area contributed by atoms with Gasteiger partial charge >= 0.3 is 0 Å². The lowest BCUT2D eigenvalue weighted by Crippen LogP contribution is -2.45. The summed E-state index contributed by atoms with van der Waals surface area (Å²) >= 11 is 0. The first-order valence-electron chi connectivity index (χ1n) is 5.31. The van der Waals surface area contributed by atoms with Crippen molar-refractivity contribution in [2.45, 2.75) is 38.1 Å². The molecule has 0 heterocycles. The highest BCUT2D eigenvalue weighted by Crippen LogP contribution is 2.33. The molecule has 74 valence electrons. The molecule has 0 radical (unpaired) electrons. The standard InChI is InChI=1S/C10H18N2O/c11-6-9(7-4-5-7)12-10(13)8-2-1-3-8/h7-9H,1-6,11H2,(H,12,13). The maximum Gasteiger partial charge on any atom is 0.223 e. The molecule has 0 bridgehead atoms. The summed E-state index contributed by atoms with van der Waals surface area (Å²) in [5, 5.41) is 3.07. The molecule has 2 saturated carbocycles. The Kier molecular flexibility index (Phi) is 2.54. The fraction of sp³-hybridized carbons (Fsp3) is 0.900. The molecule has 2 aliphatic rings. The summed E-state index contributed by atoms with van der Waals surface area (Å²) in [6, 6.07) is 0.257. The lowest BCUT2D eigenvalue weighted by atomic mass is 9.84. The maximum atomic E-state index is 11.6. The van der Waals surface area contributed by atoms with E-state index in [9.17, 15) is 4.79 Å². The summed E-state index contributed by atoms with van der Waals surface area (Å²) in [7, 11) is 0. The molecule has 2 aliphatic carbocycles. The van der Waals surface area contributed by atoms with Crippen LogP contribution in [0.15, 0.2) is 0 Å². The van der Waals surface area contributed by atoms with Gasteiger partial charge in [-0.25, -0.2) is 0 Å². The van der Waals surface area contributed by atoms with Crippen molar-refractivity contribution in [3.63, 3.8) is 0 Å². The molecule has 0 aromatic rings. The second-order valence-electron chi connectivity index (χ2n) is 4.32. The smallest absolute Gasteiger partial charge is 0.223 e. The van der Waals surface area contributed by atoms with Crippen molar-refractivity contribution in [2.24, 2.45) is 17.6 Å². The number of carbonyl (C=O) groups excluding carboxylic acids is 1. The van der Waals surface area contributed by atoms with Crippen molar-refractivity contribution in [2.75, 3.05) is 6.54 Å². The molecule has 0 aliphatic heterocycles. The van der Waals surface area contributed by atoms with Crippen molar-refractivity contribution in [3.05, 3.63) is 0 Å². The van der Waals surface area contributed by atoms with Crippen LogP contribution in [0.5, 0.6) is 0 Å². The Labute approximate surface area is 79.1 Å². The Balaban J connectivity index is 1.76. The third kappa shape index (κ3) is 2.02. The van der Waals surface area contributed by atoms with Gasteiger partial charge in [0.15, 0.2) is 0 Å². The summed E-state index contributed by atoms with van der Waals surface area (Å²) in [4.78, 5) is 11.6. The molecule has 1 atom stereocenters. The normalized spacial score (nSPS) is 25.0. The van der Waals surface area contributed by atoms with Gasteiger partial charge in [-0.05, 0) is 31.6 Å². The predicted molar refractivity (Wildman–Crippen MR) is 51.1 cm³/mol. The zero-order chi connectivity index (χ0) is 9.26. The second kappa shape index (κ2) is 3.66. The van der Waals surface area contributed by atoms with Gasteiger partial charge in [0.05, 0.1) is 0 Å². The van der Waals surface area contributed by atoms with Crippen LogP contribution in [0.25, 0.3) is 0 Å². The van der Waals surface area contributed by atoms with Crippen LogP contribution >= 0.6 is 0 Å². The average Bonchev–Trinajstić information content (AvgIpc) is 2.79. The minimum absolute atomic E-state index is 0.244. The molecular weight excluding hydrogens is 164 g/mol. The fourth-order valence-electron chi connectivity index (χ4n) is 1.84. The molecule has 3 N–H and O–H groups in total. The van der Waals surface area contributed by atoms with Gasteiger partial charge in [-0.1, -0.05) is 6.42 Å². The van der Waals surface area contributed by atoms with E-state index < -0.39 is 0 Å². The van der Waals surface area contributed by atoms with Crippen molar-refractivity contribution in [1.82, 2.24) is 5.32 Å². The number of carbonyl (C=O) groups is 1. The first-order valence-corrected chi connectivity index (χ1v) is 5.31. The summed E-state index contributed by atoms with van der Waals surface area (Å²) in [5.41, 5.74) is 5.61. The molecule has 1 unspecified atom stereocenters. The highest BCUT2D eigenvalue weighted by atomic mass is 16.2. The number of hydrogen-bond acceptors (Lipinski definition) is 2. The second-order valence-corrected chi connectivity index (χ2v) is 4.32. The van der Waals surface area contributed by atoms with E-state index in [4.69, 9.17) is 5.73 Å². The fourth-order valence-corrected chi connectivity index (χ4v) is 1.84. The predicted octanol–water partition coefficient (Wildman–Crippen LogP) is 0.640. The molecule has 2 fully saturated rings. The summed E-state index contributed by atoms with van der Waals surface area (Å²) < 4.78 is 0. The molecule has 0 aromatic heterocycles. The summed E-state index contributed by atoms with van der Waals surface area (Å²) in [5.74, 6) is 1.22. The van der Waals surface area contributed by atoms with E-state index >= 15 is 0 Å². The number of rotatable bonds is 4. The topological polar surface area (TPSA) is 55.1 Å². The Morgan fingerprint density at radius 1 is 1.38 bits per heavy atom. The first-order chi connectivity index (χ1) is 6.31. The van der Waals surface area contributed by atoms with E-state index in [-0.39, 0.29) is 11.9 Å². The Morgan fingerprint density at radius 3 is 2.46 bits per heavy atom. The Hall–Kier alpha value is -0.570. The van der Waals surface area contributed by atoms with E-state index in [1.807, 2.05) is 0 Å². The van der Waals surface area contributed by atoms with Crippen LogP contribution < -0.4 is 11.1 Å². The van der Waals surface area contributed by atoms with E-state index in [0.717, 1.165) is 12.8 Å². The van der Waals surface area contributed by atoms with Gasteiger partial charge in [-0.2, -0.15) is 0 Å². The van der Waals surface area contributed by atoms with Crippen LogP contribution in [0, 0.1) is 11.8 Å². The van der Waals surface area contributed by atoms with Gasteiger partial charge < -0.3 is 11.1 Å². The van der Waals surface area contributed by atoms with Crippen LogP contribution in [0.4, 0.5) is 0 Å². The maximum absolute atomic E-state index is 11.6. The SMILES string of the molecule is NCC(NC(=O)C1CCC1)C1CC1. The molecule has 3 heteroatoms. The van der Waals surface area contributed by atoms with Crippen LogP contribution in [-0.2, 0) is 4.79 Å². The third-order valence-electron chi connectivity index (χ3n) is 3.25. The van der Waals surface area contributed by atoms with Crippen molar-refractivity contribution in [3.8, 4) is 0 Å². The minimum atomic E-state index is 0.244. The summed E-state index contributed by atoms with van der Waals surface area (Å²) in [6.45, 7) is 0.600. The molecule has 0 aromatic carbocycles. The Morgan fingerprint density at radius 2 is 2.08 bits per heavy atom. The monoisotopic (exact) mass is 182 g/mol. The number of nitrogens with one attached hydrogen (secondary N) is 1. The van der Waals surface area contributed by atoms with E-state index in [0.29, 0.717) is 18.4 Å². The zero-order valence-electron chi connectivity index (χ0n) is 7.96. The van der Waals surface area contributed by atoms with Crippen LogP contribution in [0.1, 0.15) is 32.1 Å². The largest absolute Gasteiger partial charge is 0.352 e. The van der Waals surface area contributed by atoms with Gasteiger partial charge in [-0.3, -0.25) is 4.79 Å². The Bertz CT molecular complexity index is 197. The third-order valence-corrected chi connectivity index (χ3v) is 3.25. The molecule has 0 saturated heterocycles. The highest BCUT2D eigenvalue weighted by Gasteiger charge is 2.33. The van der Waals surface area contributed by atoms with Crippen LogP contribution in [0.3, 0.4) is 0 Å². The molecule has 0 spiro atoms. The average molecular weight is 182 g/mol. The molecular formula is C10H18N2O. The summed E-state index contributed by atoms with van der Waals surface area (Å²) in [6.07, 6.45) is 5.86. The van der Waals surface area contributed by atoms with Crippen LogP contribution in [-0.4, -0.2) is 18.5 Å². The first kappa shape index (κ1) is 9.00. The number of amides is 1. The number of nitrogens with two attached hydrogens (primary N) is 1. The molecule has 13 heavy (non-hydrogen) atoms. The van der Waals surface area contributed by atoms with E-state index in [2.05, 4.69) is 5.32 Å². The van der Waals surface area contributed by atoms with E-state index in [1.165, 1.54) is 19.3 Å². The zero-order valence-corrected chi connectivity index (χ0v) is 7.96.